The fourth-order valence-electron chi connectivity index (χ4n) is 2.39. The van der Waals surface area contributed by atoms with E-state index < -0.39 is 0 Å². The van der Waals surface area contributed by atoms with Gasteiger partial charge in [-0.15, -0.1) is 0 Å². The molecule has 0 unspecified atom stereocenters. The number of carbonyl (C=O) groups excluding carboxylic acids is 1. The van der Waals surface area contributed by atoms with E-state index in [0.29, 0.717) is 6.42 Å². The number of epoxide rings is 1. The molecule has 1 heterocycles. The van der Waals surface area contributed by atoms with E-state index in [1.807, 2.05) is 0 Å². The summed E-state index contributed by atoms with van der Waals surface area (Å²) in [4.78, 5) is 11.3. The van der Waals surface area contributed by atoms with Gasteiger partial charge in [0.25, 0.3) is 0 Å². The Morgan fingerprint density at radius 2 is 2.13 bits per heavy atom. The second kappa shape index (κ2) is 2.89. The van der Waals surface area contributed by atoms with Crippen molar-refractivity contribution in [2.45, 2.75) is 31.0 Å². The van der Waals surface area contributed by atoms with Crippen LogP contribution in [0.3, 0.4) is 0 Å². The van der Waals surface area contributed by atoms with Crippen molar-refractivity contribution in [3.8, 4) is 0 Å². The third-order valence-corrected chi connectivity index (χ3v) is 3.28. The minimum Gasteiger partial charge on any atom is -0.357 e. The van der Waals surface area contributed by atoms with Gasteiger partial charge in [0.05, 0.1) is 0 Å². The van der Waals surface area contributed by atoms with Crippen LogP contribution in [0.2, 0.25) is 0 Å². The molecule has 1 aliphatic heterocycles. The number of carbonyl (C=O) groups is 1. The van der Waals surface area contributed by atoms with Gasteiger partial charge in [-0.2, -0.15) is 0 Å². The summed E-state index contributed by atoms with van der Waals surface area (Å²) in [5.41, 5.74) is 0.795. The van der Waals surface area contributed by atoms with Gasteiger partial charge in [0, 0.05) is 12.8 Å². The summed E-state index contributed by atoms with van der Waals surface area (Å²) in [6.07, 6.45) is 1.99. The summed E-state index contributed by atoms with van der Waals surface area (Å²) in [6, 6.07) is 6.40. The Morgan fingerprint density at radius 1 is 1.40 bits per heavy atom. The average Bonchev–Trinajstić information content (AvgIpc) is 2.86. The van der Waals surface area contributed by atoms with E-state index in [4.69, 9.17) is 4.74 Å². The topological polar surface area (TPSA) is 29.6 Å². The van der Waals surface area contributed by atoms with E-state index in [9.17, 15) is 9.18 Å². The van der Waals surface area contributed by atoms with Crippen LogP contribution in [0, 0.1) is 5.82 Å². The van der Waals surface area contributed by atoms with E-state index in [1.54, 1.807) is 12.1 Å². The maximum atomic E-state index is 12.7. The van der Waals surface area contributed by atoms with Crippen LogP contribution in [0.4, 0.5) is 4.39 Å². The van der Waals surface area contributed by atoms with Gasteiger partial charge < -0.3 is 4.74 Å². The van der Waals surface area contributed by atoms with Gasteiger partial charge in [0.1, 0.15) is 17.5 Å². The number of ketones is 1. The Kier molecular flexibility index (Phi) is 1.74. The Hall–Kier alpha value is -1.22. The highest BCUT2D eigenvalue weighted by Gasteiger charge is 2.63. The number of halogens is 1. The molecular weight excluding hydrogens is 195 g/mol. The van der Waals surface area contributed by atoms with Gasteiger partial charge in [0.15, 0.2) is 5.78 Å². The highest BCUT2D eigenvalue weighted by Crippen LogP contribution is 2.49. The molecule has 2 nitrogen and oxygen atoms in total. The lowest BCUT2D eigenvalue weighted by Gasteiger charge is -2.07. The van der Waals surface area contributed by atoms with Crippen LogP contribution in [0.15, 0.2) is 24.3 Å². The molecule has 2 aliphatic rings. The molecule has 0 aromatic heterocycles. The standard InChI is InChI=1S/C12H11FO2/c13-9-3-1-8(2-4-9)7-12-6-5-10(14)11(12)15-12/h1-4,11H,5-7H2/t11-,12-/m1/s1. The van der Waals surface area contributed by atoms with Crippen molar-refractivity contribution in [2.75, 3.05) is 0 Å². The molecule has 3 rings (SSSR count). The zero-order valence-electron chi connectivity index (χ0n) is 8.20. The fourth-order valence-corrected chi connectivity index (χ4v) is 2.39. The molecule has 3 heteroatoms. The number of Topliss-reactive ketones (excluding diaryl/α,β-unsaturated/α-hetero) is 1. The quantitative estimate of drug-likeness (QED) is 0.691. The van der Waals surface area contributed by atoms with Crippen LogP contribution in [0.1, 0.15) is 18.4 Å². The molecule has 0 N–H and O–H groups in total. The van der Waals surface area contributed by atoms with Crippen molar-refractivity contribution < 1.29 is 13.9 Å². The molecule has 78 valence electrons. The second-order valence-corrected chi connectivity index (χ2v) is 4.33. The van der Waals surface area contributed by atoms with Crippen molar-refractivity contribution in [3.05, 3.63) is 35.6 Å². The Balaban J connectivity index is 1.77. The first-order chi connectivity index (χ1) is 7.20. The average molecular weight is 206 g/mol. The second-order valence-electron chi connectivity index (χ2n) is 4.33. The highest BCUT2D eigenvalue weighted by atomic mass is 19.1. The third-order valence-electron chi connectivity index (χ3n) is 3.28. The lowest BCUT2D eigenvalue weighted by atomic mass is 9.97. The predicted octanol–water partition coefficient (Wildman–Crippen LogP) is 1.87. The van der Waals surface area contributed by atoms with Crippen LogP contribution < -0.4 is 0 Å². The Bertz CT molecular complexity index is 412. The van der Waals surface area contributed by atoms with Crippen LogP contribution in [-0.2, 0) is 16.0 Å². The Labute approximate surface area is 87.0 Å². The van der Waals surface area contributed by atoms with Crippen LogP contribution in [0.25, 0.3) is 0 Å². The molecule has 0 spiro atoms. The van der Waals surface area contributed by atoms with E-state index in [0.717, 1.165) is 18.4 Å². The maximum Gasteiger partial charge on any atom is 0.164 e. The molecule has 0 radical (unpaired) electrons. The van der Waals surface area contributed by atoms with E-state index in [1.165, 1.54) is 12.1 Å². The minimum absolute atomic E-state index is 0.178. The SMILES string of the molecule is O=C1CC[C@]2(Cc3ccc(F)cc3)O[C@H]12. The largest absolute Gasteiger partial charge is 0.357 e. The number of hydrogen-bond donors (Lipinski definition) is 0. The van der Waals surface area contributed by atoms with E-state index >= 15 is 0 Å². The Morgan fingerprint density at radius 3 is 2.67 bits per heavy atom. The van der Waals surface area contributed by atoms with Gasteiger partial charge in [-0.1, -0.05) is 12.1 Å². The summed E-state index contributed by atoms with van der Waals surface area (Å²) >= 11 is 0. The molecule has 2 fully saturated rings. The van der Waals surface area contributed by atoms with Gasteiger partial charge in [-0.05, 0) is 24.1 Å². The summed E-state index contributed by atoms with van der Waals surface area (Å²) in [7, 11) is 0. The first-order valence-electron chi connectivity index (χ1n) is 5.15. The van der Waals surface area contributed by atoms with E-state index in [-0.39, 0.29) is 23.3 Å². The molecule has 1 aromatic rings. The first-order valence-corrected chi connectivity index (χ1v) is 5.15. The van der Waals surface area contributed by atoms with Gasteiger partial charge in [-0.25, -0.2) is 4.39 Å². The number of fused-ring (bicyclic) bond motifs is 1. The van der Waals surface area contributed by atoms with Crippen molar-refractivity contribution in [1.82, 2.24) is 0 Å². The third kappa shape index (κ3) is 1.38. The van der Waals surface area contributed by atoms with Crippen molar-refractivity contribution in [1.29, 1.82) is 0 Å². The predicted molar refractivity (Wildman–Crippen MR) is 51.9 cm³/mol. The molecule has 1 aliphatic carbocycles. The number of benzene rings is 1. The van der Waals surface area contributed by atoms with Gasteiger partial charge in [-0.3, -0.25) is 4.79 Å². The summed E-state index contributed by atoms with van der Waals surface area (Å²) in [6.45, 7) is 0. The summed E-state index contributed by atoms with van der Waals surface area (Å²) in [5.74, 6) is -0.0101. The van der Waals surface area contributed by atoms with Crippen molar-refractivity contribution in [3.63, 3.8) is 0 Å². The van der Waals surface area contributed by atoms with Crippen LogP contribution in [-0.4, -0.2) is 17.5 Å². The number of hydrogen-bond acceptors (Lipinski definition) is 2. The molecule has 15 heavy (non-hydrogen) atoms. The highest BCUT2D eigenvalue weighted by molar-refractivity contribution is 5.90. The normalized spacial score (nSPS) is 32.9. The van der Waals surface area contributed by atoms with Gasteiger partial charge in [0.2, 0.25) is 0 Å². The summed E-state index contributed by atoms with van der Waals surface area (Å²) in [5, 5.41) is 0. The molecule has 0 amide bonds. The maximum absolute atomic E-state index is 12.7. The number of ether oxygens (including phenoxy) is 1. The molecular formula is C12H11FO2. The lowest BCUT2D eigenvalue weighted by Crippen LogP contribution is -2.14. The van der Waals surface area contributed by atoms with Crippen molar-refractivity contribution in [2.24, 2.45) is 0 Å². The van der Waals surface area contributed by atoms with Crippen LogP contribution >= 0.6 is 0 Å². The molecule has 1 saturated heterocycles. The number of rotatable bonds is 2. The molecule has 1 aromatic carbocycles. The molecule has 1 saturated carbocycles. The lowest BCUT2D eigenvalue weighted by molar-refractivity contribution is -0.120. The zero-order valence-corrected chi connectivity index (χ0v) is 8.20. The minimum atomic E-state index is -0.241. The smallest absolute Gasteiger partial charge is 0.164 e. The molecule has 0 bridgehead atoms. The monoisotopic (exact) mass is 206 g/mol. The van der Waals surface area contributed by atoms with Gasteiger partial charge >= 0.3 is 0 Å². The fraction of sp³-hybridized carbons (Fsp3) is 0.417. The van der Waals surface area contributed by atoms with Crippen LogP contribution in [0.5, 0.6) is 0 Å². The molecule has 2 atom stereocenters. The van der Waals surface area contributed by atoms with Crippen molar-refractivity contribution >= 4 is 5.78 Å². The first kappa shape index (κ1) is 9.04. The zero-order chi connectivity index (χ0) is 10.5. The van der Waals surface area contributed by atoms with E-state index in [2.05, 4.69) is 0 Å². The summed E-state index contributed by atoms with van der Waals surface area (Å²) < 4.78 is 18.1.